The SMILES string of the molecule is C#CCN(C)S(=O)(=O)c1ccc(Br)cc1. The van der Waals surface area contributed by atoms with Gasteiger partial charge in [0.15, 0.2) is 0 Å². The minimum absolute atomic E-state index is 0.0679. The van der Waals surface area contributed by atoms with Crippen LogP contribution in [0.1, 0.15) is 0 Å². The zero-order chi connectivity index (χ0) is 11.5. The van der Waals surface area contributed by atoms with Crippen molar-refractivity contribution in [1.29, 1.82) is 0 Å². The van der Waals surface area contributed by atoms with Crippen molar-refractivity contribution in [3.63, 3.8) is 0 Å². The average Bonchev–Trinajstić information content (AvgIpc) is 2.18. The van der Waals surface area contributed by atoms with Crippen molar-refractivity contribution in [2.75, 3.05) is 13.6 Å². The predicted molar refractivity (Wildman–Crippen MR) is 62.8 cm³/mol. The number of hydrogen-bond acceptors (Lipinski definition) is 2. The number of sulfonamides is 1. The molecular weight excluding hydrogens is 278 g/mol. The van der Waals surface area contributed by atoms with Gasteiger partial charge in [0, 0.05) is 11.5 Å². The molecule has 0 radical (unpaired) electrons. The van der Waals surface area contributed by atoms with E-state index in [1.54, 1.807) is 12.1 Å². The second-order valence-corrected chi connectivity index (χ2v) is 5.88. The lowest BCUT2D eigenvalue weighted by Crippen LogP contribution is -2.27. The summed E-state index contributed by atoms with van der Waals surface area (Å²) in [6.45, 7) is 0.0679. The van der Waals surface area contributed by atoms with E-state index in [1.165, 1.54) is 19.2 Å². The molecule has 0 saturated carbocycles. The number of terminal acetylenes is 1. The normalized spacial score (nSPS) is 11.3. The van der Waals surface area contributed by atoms with Crippen molar-refractivity contribution in [1.82, 2.24) is 4.31 Å². The van der Waals surface area contributed by atoms with Crippen LogP contribution in [-0.4, -0.2) is 26.3 Å². The molecule has 0 N–H and O–H groups in total. The smallest absolute Gasteiger partial charge is 0.207 e. The molecule has 0 saturated heterocycles. The van der Waals surface area contributed by atoms with E-state index in [2.05, 4.69) is 21.9 Å². The molecule has 1 aromatic rings. The lowest BCUT2D eigenvalue weighted by molar-refractivity contribution is 0.503. The minimum Gasteiger partial charge on any atom is -0.207 e. The second-order valence-electron chi connectivity index (χ2n) is 2.92. The van der Waals surface area contributed by atoms with Crippen molar-refractivity contribution < 1.29 is 8.42 Å². The largest absolute Gasteiger partial charge is 0.243 e. The van der Waals surface area contributed by atoms with Crippen molar-refractivity contribution in [3.8, 4) is 12.3 Å². The molecule has 15 heavy (non-hydrogen) atoms. The summed E-state index contributed by atoms with van der Waals surface area (Å²) < 4.78 is 25.7. The maximum absolute atomic E-state index is 11.8. The summed E-state index contributed by atoms with van der Waals surface area (Å²) in [7, 11) is -1.99. The Hall–Kier alpha value is -0.830. The molecule has 3 nitrogen and oxygen atoms in total. The molecule has 0 atom stereocenters. The predicted octanol–water partition coefficient (Wildman–Crippen LogP) is 1.70. The van der Waals surface area contributed by atoms with Gasteiger partial charge in [-0.05, 0) is 24.3 Å². The van der Waals surface area contributed by atoms with Crippen LogP contribution in [0.2, 0.25) is 0 Å². The van der Waals surface area contributed by atoms with Crippen LogP contribution in [0.25, 0.3) is 0 Å². The Kier molecular flexibility index (Phi) is 3.91. The fourth-order valence-electron chi connectivity index (χ4n) is 1.00. The quantitative estimate of drug-likeness (QED) is 0.794. The van der Waals surface area contributed by atoms with Gasteiger partial charge in [0.25, 0.3) is 0 Å². The van der Waals surface area contributed by atoms with Crippen LogP contribution in [0.5, 0.6) is 0 Å². The summed E-state index contributed by atoms with van der Waals surface area (Å²) in [5.41, 5.74) is 0. The summed E-state index contributed by atoms with van der Waals surface area (Å²) in [6.07, 6.45) is 5.06. The summed E-state index contributed by atoms with van der Waals surface area (Å²) in [4.78, 5) is 0.239. The first-order chi connectivity index (χ1) is 6.98. The Morgan fingerprint density at radius 1 is 1.40 bits per heavy atom. The second kappa shape index (κ2) is 4.79. The molecule has 0 bridgehead atoms. The van der Waals surface area contributed by atoms with Crippen LogP contribution < -0.4 is 0 Å². The van der Waals surface area contributed by atoms with Gasteiger partial charge in [-0.1, -0.05) is 21.9 Å². The molecule has 0 spiro atoms. The molecule has 0 aromatic heterocycles. The van der Waals surface area contributed by atoms with E-state index >= 15 is 0 Å². The number of nitrogens with zero attached hydrogens (tertiary/aromatic N) is 1. The van der Waals surface area contributed by atoms with Crippen LogP contribution in [0.3, 0.4) is 0 Å². The van der Waals surface area contributed by atoms with E-state index in [1.807, 2.05) is 0 Å². The third kappa shape index (κ3) is 2.81. The molecular formula is C10H10BrNO2S. The fraction of sp³-hybridized carbons (Fsp3) is 0.200. The molecule has 0 aliphatic rings. The molecule has 0 unspecified atom stereocenters. The highest BCUT2D eigenvalue weighted by Crippen LogP contribution is 2.17. The summed E-state index contributed by atoms with van der Waals surface area (Å²) in [5, 5.41) is 0. The molecule has 5 heteroatoms. The molecule has 0 aliphatic carbocycles. The highest BCUT2D eigenvalue weighted by molar-refractivity contribution is 9.10. The Bertz CT molecular complexity index is 473. The van der Waals surface area contributed by atoms with E-state index < -0.39 is 10.0 Å². The van der Waals surface area contributed by atoms with E-state index in [9.17, 15) is 8.42 Å². The van der Waals surface area contributed by atoms with Gasteiger partial charge in [-0.2, -0.15) is 4.31 Å². The summed E-state index contributed by atoms with van der Waals surface area (Å²) >= 11 is 3.24. The maximum atomic E-state index is 11.8. The molecule has 0 fully saturated rings. The van der Waals surface area contributed by atoms with Crippen LogP contribution >= 0.6 is 15.9 Å². The van der Waals surface area contributed by atoms with Crippen molar-refractivity contribution in [2.45, 2.75) is 4.90 Å². The van der Waals surface area contributed by atoms with Gasteiger partial charge in [0.05, 0.1) is 11.4 Å². The van der Waals surface area contributed by atoms with Crippen LogP contribution in [-0.2, 0) is 10.0 Å². The first-order valence-corrected chi connectivity index (χ1v) is 6.37. The summed E-state index contributed by atoms with van der Waals surface area (Å²) in [6, 6.07) is 6.42. The van der Waals surface area contributed by atoms with Gasteiger partial charge in [-0.15, -0.1) is 6.42 Å². The topological polar surface area (TPSA) is 37.4 Å². The van der Waals surface area contributed by atoms with E-state index in [0.29, 0.717) is 0 Å². The lowest BCUT2D eigenvalue weighted by Gasteiger charge is -2.13. The Morgan fingerprint density at radius 3 is 2.40 bits per heavy atom. The molecule has 0 heterocycles. The van der Waals surface area contributed by atoms with Gasteiger partial charge in [0.1, 0.15) is 0 Å². The number of benzene rings is 1. The molecule has 0 amide bonds. The molecule has 0 aliphatic heterocycles. The lowest BCUT2D eigenvalue weighted by atomic mass is 10.4. The van der Waals surface area contributed by atoms with E-state index in [-0.39, 0.29) is 11.4 Å². The first-order valence-electron chi connectivity index (χ1n) is 4.14. The fourth-order valence-corrected chi connectivity index (χ4v) is 2.35. The van der Waals surface area contributed by atoms with E-state index in [0.717, 1.165) is 8.78 Å². The van der Waals surface area contributed by atoms with Crippen molar-refractivity contribution >= 4 is 26.0 Å². The molecule has 1 aromatic carbocycles. The maximum Gasteiger partial charge on any atom is 0.243 e. The average molecular weight is 288 g/mol. The first kappa shape index (κ1) is 12.2. The monoisotopic (exact) mass is 287 g/mol. The highest BCUT2D eigenvalue weighted by atomic mass is 79.9. The Labute approximate surface area is 98.3 Å². The van der Waals surface area contributed by atoms with Gasteiger partial charge in [-0.3, -0.25) is 0 Å². The van der Waals surface area contributed by atoms with Gasteiger partial charge < -0.3 is 0 Å². The third-order valence-corrected chi connectivity index (χ3v) is 4.18. The van der Waals surface area contributed by atoms with Crippen molar-refractivity contribution in [2.24, 2.45) is 0 Å². The van der Waals surface area contributed by atoms with Gasteiger partial charge >= 0.3 is 0 Å². The minimum atomic E-state index is -3.45. The standard InChI is InChI=1S/C10H10BrNO2S/c1-3-8-12(2)15(13,14)10-6-4-9(11)5-7-10/h1,4-7H,8H2,2H3. The zero-order valence-electron chi connectivity index (χ0n) is 8.14. The zero-order valence-corrected chi connectivity index (χ0v) is 10.5. The van der Waals surface area contributed by atoms with Crippen LogP contribution in [0, 0.1) is 12.3 Å². The number of rotatable bonds is 3. The van der Waals surface area contributed by atoms with E-state index in [4.69, 9.17) is 6.42 Å². The highest BCUT2D eigenvalue weighted by Gasteiger charge is 2.19. The van der Waals surface area contributed by atoms with Crippen LogP contribution in [0.4, 0.5) is 0 Å². The Balaban J connectivity index is 3.07. The Morgan fingerprint density at radius 2 is 1.93 bits per heavy atom. The summed E-state index contributed by atoms with van der Waals surface area (Å²) in [5.74, 6) is 2.29. The third-order valence-electron chi connectivity index (χ3n) is 1.84. The molecule has 80 valence electrons. The molecule has 1 rings (SSSR count). The number of halogens is 1. The van der Waals surface area contributed by atoms with Crippen LogP contribution in [0.15, 0.2) is 33.6 Å². The number of hydrogen-bond donors (Lipinski definition) is 0. The van der Waals surface area contributed by atoms with Crippen molar-refractivity contribution in [3.05, 3.63) is 28.7 Å². The van der Waals surface area contributed by atoms with Gasteiger partial charge in [0.2, 0.25) is 10.0 Å². The van der Waals surface area contributed by atoms with Gasteiger partial charge in [-0.25, -0.2) is 8.42 Å².